The highest BCUT2D eigenvalue weighted by atomic mass is 35.5. The van der Waals surface area contributed by atoms with E-state index in [1.807, 2.05) is 12.1 Å². The summed E-state index contributed by atoms with van der Waals surface area (Å²) >= 11 is 0. The van der Waals surface area contributed by atoms with Crippen LogP contribution in [0.1, 0.15) is 27.7 Å². The second-order valence-electron chi connectivity index (χ2n) is 6.69. The van der Waals surface area contributed by atoms with E-state index in [0.717, 1.165) is 48.7 Å². The number of nitrogens with one attached hydrogen (secondary N) is 1. The first-order valence-electron chi connectivity index (χ1n) is 9.94. The Morgan fingerprint density at radius 3 is 1.38 bits per heavy atom. The van der Waals surface area contributed by atoms with Crippen molar-refractivity contribution in [3.63, 3.8) is 0 Å². The fourth-order valence-electron chi connectivity index (χ4n) is 3.19. The van der Waals surface area contributed by atoms with Gasteiger partial charge >= 0.3 is 0 Å². The molecule has 1 N–H and O–H groups in total. The van der Waals surface area contributed by atoms with Crippen LogP contribution in [0.2, 0.25) is 0 Å². The fraction of sp³-hybridized carbons (Fsp3) is 0.455. The van der Waals surface area contributed by atoms with Crippen molar-refractivity contribution >= 4 is 46.6 Å². The third kappa shape index (κ3) is 6.16. The first-order chi connectivity index (χ1) is 13.2. The summed E-state index contributed by atoms with van der Waals surface area (Å²) in [6.07, 6.45) is 0. The molecule has 0 saturated carbocycles. The van der Waals surface area contributed by atoms with Crippen molar-refractivity contribution in [2.24, 2.45) is 0 Å². The topological polar surface area (TPSA) is 40.7 Å². The Morgan fingerprint density at radius 2 is 1.03 bits per heavy atom. The van der Waals surface area contributed by atoms with E-state index in [9.17, 15) is 0 Å². The first-order valence-corrected chi connectivity index (χ1v) is 9.94. The predicted octanol–water partition coefficient (Wildman–Crippen LogP) is 5.52. The van der Waals surface area contributed by atoms with E-state index in [1.54, 1.807) is 0 Å². The molecule has 1 aromatic heterocycles. The number of nitrogens with zero attached hydrogens (tertiary/aromatic N) is 2. The minimum atomic E-state index is 0. The lowest BCUT2D eigenvalue weighted by Gasteiger charge is -2.18. The van der Waals surface area contributed by atoms with E-state index in [2.05, 4.69) is 66.7 Å². The van der Waals surface area contributed by atoms with Gasteiger partial charge in [0.15, 0.2) is 0 Å². The van der Waals surface area contributed by atoms with E-state index < -0.39 is 0 Å². The lowest BCUT2D eigenvalue weighted by Crippen LogP contribution is -2.27. The quantitative estimate of drug-likeness (QED) is 0.420. The van der Waals surface area contributed by atoms with Crippen LogP contribution in [0.15, 0.2) is 36.4 Å². The van der Waals surface area contributed by atoms with Crippen LogP contribution in [-0.2, 0) is 0 Å². The third-order valence-corrected chi connectivity index (χ3v) is 5.16. The second kappa shape index (κ2) is 12.1. The highest BCUT2D eigenvalue weighted by Crippen LogP contribution is 2.30. The minimum absolute atomic E-state index is 0. The smallest absolute Gasteiger partial charge is 0.142 e. The molecule has 0 atom stereocenters. The molecule has 2 aromatic carbocycles. The number of benzene rings is 2. The summed E-state index contributed by atoms with van der Waals surface area (Å²) in [4.78, 5) is 7.99. The summed E-state index contributed by atoms with van der Waals surface area (Å²) in [6.45, 7) is 13.8. The molecular formula is C22H33Cl2N3O2. The average molecular weight is 442 g/mol. The van der Waals surface area contributed by atoms with E-state index in [1.165, 1.54) is 10.8 Å². The van der Waals surface area contributed by atoms with Gasteiger partial charge in [-0.15, -0.1) is 24.8 Å². The largest absolute Gasteiger partial charge is 0.478 e. The average Bonchev–Trinajstić information content (AvgIpc) is 3.06. The van der Waals surface area contributed by atoms with Gasteiger partial charge in [0.25, 0.3) is 0 Å². The Bertz CT molecular complexity index is 807. The molecule has 0 bridgehead atoms. The number of aromatic nitrogens is 1. The zero-order valence-electron chi connectivity index (χ0n) is 17.7. The molecule has 3 aromatic rings. The monoisotopic (exact) mass is 441 g/mol. The maximum Gasteiger partial charge on any atom is 0.142 e. The molecule has 0 radical (unpaired) electrons. The molecule has 0 aliphatic rings. The number of fused-ring (bicyclic) bond motifs is 3. The lowest BCUT2D eigenvalue weighted by atomic mass is 10.1. The van der Waals surface area contributed by atoms with Crippen molar-refractivity contribution in [1.82, 2.24) is 14.8 Å². The Hall–Kier alpha value is -1.66. The normalized spacial score (nSPS) is 11.0. The third-order valence-electron chi connectivity index (χ3n) is 5.16. The van der Waals surface area contributed by atoms with Crippen LogP contribution < -0.4 is 9.47 Å². The van der Waals surface area contributed by atoms with Crippen molar-refractivity contribution in [3.05, 3.63) is 36.4 Å². The number of ether oxygens (including phenoxy) is 2. The van der Waals surface area contributed by atoms with Gasteiger partial charge in [-0.3, -0.25) is 9.80 Å². The maximum atomic E-state index is 5.94. The zero-order valence-corrected chi connectivity index (χ0v) is 19.4. The molecule has 7 heteroatoms. The Labute approximate surface area is 186 Å². The van der Waals surface area contributed by atoms with Gasteiger partial charge in [-0.2, -0.15) is 0 Å². The number of aromatic amines is 1. The first kappa shape index (κ1) is 25.4. The van der Waals surface area contributed by atoms with Crippen LogP contribution in [-0.4, -0.2) is 54.4 Å². The standard InChI is InChI=1S/C22H31N3O2.2ClH/c1-5-24(6-2)15-26-17-9-11-19-20-12-10-18(27-16-25(7-3)8-4)14-22(20)23-21(19)13-17;;/h9-14,23H,5-8,15-16H2,1-4H3;2*1H. The maximum absolute atomic E-state index is 5.94. The Morgan fingerprint density at radius 1 is 0.655 bits per heavy atom. The fourth-order valence-corrected chi connectivity index (χ4v) is 3.19. The van der Waals surface area contributed by atoms with Gasteiger partial charge in [0.1, 0.15) is 25.0 Å². The molecular weight excluding hydrogens is 409 g/mol. The zero-order chi connectivity index (χ0) is 19.2. The van der Waals surface area contributed by atoms with Gasteiger partial charge in [0, 0.05) is 22.9 Å². The van der Waals surface area contributed by atoms with Crippen LogP contribution in [0.4, 0.5) is 0 Å². The summed E-state index contributed by atoms with van der Waals surface area (Å²) in [5.74, 6) is 1.78. The predicted molar refractivity (Wildman–Crippen MR) is 127 cm³/mol. The van der Waals surface area contributed by atoms with Crippen molar-refractivity contribution in [2.45, 2.75) is 27.7 Å². The molecule has 5 nitrogen and oxygen atoms in total. The van der Waals surface area contributed by atoms with Gasteiger partial charge in [0.2, 0.25) is 0 Å². The highest BCUT2D eigenvalue weighted by Gasteiger charge is 2.08. The summed E-state index contributed by atoms with van der Waals surface area (Å²) < 4.78 is 11.9. The molecule has 3 rings (SSSR count). The van der Waals surface area contributed by atoms with E-state index in [4.69, 9.17) is 9.47 Å². The molecule has 0 fully saturated rings. The number of hydrogen-bond donors (Lipinski definition) is 1. The Kier molecular flexibility index (Phi) is 10.6. The number of rotatable bonds is 10. The van der Waals surface area contributed by atoms with E-state index >= 15 is 0 Å². The minimum Gasteiger partial charge on any atom is -0.478 e. The molecule has 0 aliphatic heterocycles. The van der Waals surface area contributed by atoms with Gasteiger partial charge in [-0.05, 0) is 50.4 Å². The molecule has 0 saturated heterocycles. The van der Waals surface area contributed by atoms with Gasteiger partial charge < -0.3 is 14.5 Å². The number of halogens is 2. The van der Waals surface area contributed by atoms with Crippen LogP contribution in [0.3, 0.4) is 0 Å². The lowest BCUT2D eigenvalue weighted by molar-refractivity contribution is 0.137. The van der Waals surface area contributed by atoms with Gasteiger partial charge in [0.05, 0.1) is 11.0 Å². The van der Waals surface area contributed by atoms with Gasteiger partial charge in [-0.25, -0.2) is 0 Å². The van der Waals surface area contributed by atoms with Crippen LogP contribution in [0, 0.1) is 0 Å². The molecule has 29 heavy (non-hydrogen) atoms. The van der Waals surface area contributed by atoms with Crippen molar-refractivity contribution in [2.75, 3.05) is 39.6 Å². The summed E-state index contributed by atoms with van der Waals surface area (Å²) in [6, 6.07) is 12.5. The number of H-pyrrole nitrogens is 1. The molecule has 0 amide bonds. The Balaban J connectivity index is 0.00000210. The molecule has 0 spiro atoms. The highest BCUT2D eigenvalue weighted by molar-refractivity contribution is 6.07. The van der Waals surface area contributed by atoms with Crippen molar-refractivity contribution in [3.8, 4) is 11.5 Å². The van der Waals surface area contributed by atoms with Crippen molar-refractivity contribution < 1.29 is 9.47 Å². The van der Waals surface area contributed by atoms with Crippen molar-refractivity contribution in [1.29, 1.82) is 0 Å². The van der Waals surface area contributed by atoms with Crippen LogP contribution in [0.25, 0.3) is 21.8 Å². The molecule has 1 heterocycles. The summed E-state index contributed by atoms with van der Waals surface area (Å²) in [7, 11) is 0. The van der Waals surface area contributed by atoms with Gasteiger partial charge in [-0.1, -0.05) is 27.7 Å². The SMILES string of the molecule is CCN(CC)COc1ccc2c(c1)[nH]c1cc(OCN(CC)CC)ccc12.Cl.Cl. The van der Waals surface area contributed by atoms with E-state index in [0.29, 0.717) is 13.5 Å². The molecule has 162 valence electrons. The summed E-state index contributed by atoms with van der Waals surface area (Å²) in [5, 5.41) is 2.41. The molecule has 0 unspecified atom stereocenters. The van der Waals surface area contributed by atoms with E-state index in [-0.39, 0.29) is 24.8 Å². The number of hydrogen-bond acceptors (Lipinski definition) is 4. The second-order valence-corrected chi connectivity index (χ2v) is 6.69. The molecule has 0 aliphatic carbocycles. The van der Waals surface area contributed by atoms with Crippen LogP contribution in [0.5, 0.6) is 11.5 Å². The van der Waals surface area contributed by atoms with Crippen LogP contribution >= 0.6 is 24.8 Å². The summed E-state index contributed by atoms with van der Waals surface area (Å²) in [5.41, 5.74) is 2.17.